The molecule has 17 heavy (non-hydrogen) atoms. The van der Waals surface area contributed by atoms with Crippen LogP contribution in [0.2, 0.25) is 0 Å². The zero-order valence-electron chi connectivity index (χ0n) is 9.85. The number of aliphatic hydroxyl groups excluding tert-OH is 2. The van der Waals surface area contributed by atoms with Crippen molar-refractivity contribution >= 4 is 0 Å². The SMILES string of the molecule is OCC(CO)NCCc1ccc2c(c1)CCO2. The van der Waals surface area contributed by atoms with E-state index in [0.717, 1.165) is 31.7 Å². The molecule has 1 aliphatic heterocycles. The Kier molecular flexibility index (Phi) is 4.36. The van der Waals surface area contributed by atoms with Crippen molar-refractivity contribution < 1.29 is 14.9 Å². The molecular formula is C13H19NO3. The zero-order chi connectivity index (χ0) is 12.1. The van der Waals surface area contributed by atoms with E-state index < -0.39 is 0 Å². The predicted octanol–water partition coefficient (Wildman–Crippen LogP) is 0.107. The van der Waals surface area contributed by atoms with E-state index in [0.29, 0.717) is 0 Å². The highest BCUT2D eigenvalue weighted by Crippen LogP contribution is 2.25. The van der Waals surface area contributed by atoms with Crippen molar-refractivity contribution in [3.8, 4) is 5.75 Å². The van der Waals surface area contributed by atoms with Crippen molar-refractivity contribution in [2.75, 3.05) is 26.4 Å². The molecule has 4 heteroatoms. The third-order valence-electron chi connectivity index (χ3n) is 3.04. The standard InChI is InChI=1S/C13H19NO3/c15-8-12(9-16)14-5-3-10-1-2-13-11(7-10)4-6-17-13/h1-2,7,12,14-16H,3-6,8-9H2. The zero-order valence-corrected chi connectivity index (χ0v) is 9.85. The predicted molar refractivity (Wildman–Crippen MR) is 65.3 cm³/mol. The topological polar surface area (TPSA) is 61.7 Å². The summed E-state index contributed by atoms with van der Waals surface area (Å²) in [5, 5.41) is 20.9. The average Bonchev–Trinajstić information content (AvgIpc) is 2.82. The van der Waals surface area contributed by atoms with E-state index in [2.05, 4.69) is 17.4 Å². The lowest BCUT2D eigenvalue weighted by Crippen LogP contribution is -2.36. The minimum Gasteiger partial charge on any atom is -0.493 e. The minimum atomic E-state index is -0.215. The summed E-state index contributed by atoms with van der Waals surface area (Å²) in [4.78, 5) is 0. The maximum atomic E-state index is 8.91. The Morgan fingerprint density at radius 2 is 2.12 bits per heavy atom. The average molecular weight is 237 g/mol. The lowest BCUT2D eigenvalue weighted by molar-refractivity contribution is 0.171. The van der Waals surface area contributed by atoms with Crippen molar-refractivity contribution in [3.05, 3.63) is 29.3 Å². The number of fused-ring (bicyclic) bond motifs is 1. The second-order valence-corrected chi connectivity index (χ2v) is 4.31. The second-order valence-electron chi connectivity index (χ2n) is 4.31. The Bertz CT molecular complexity index is 364. The highest BCUT2D eigenvalue weighted by atomic mass is 16.5. The van der Waals surface area contributed by atoms with Gasteiger partial charge in [0.2, 0.25) is 0 Å². The Labute approximate surface area is 101 Å². The Balaban J connectivity index is 1.83. The van der Waals surface area contributed by atoms with Crippen molar-refractivity contribution in [1.82, 2.24) is 5.32 Å². The van der Waals surface area contributed by atoms with Crippen molar-refractivity contribution in [2.45, 2.75) is 18.9 Å². The molecule has 2 rings (SSSR count). The van der Waals surface area contributed by atoms with Gasteiger partial charge in [-0.05, 0) is 30.2 Å². The number of hydrogen-bond acceptors (Lipinski definition) is 4. The molecule has 1 aromatic rings. The summed E-state index contributed by atoms with van der Waals surface area (Å²) in [6, 6.07) is 6.05. The van der Waals surface area contributed by atoms with Crippen LogP contribution in [0.25, 0.3) is 0 Å². The van der Waals surface area contributed by atoms with Crippen LogP contribution >= 0.6 is 0 Å². The van der Waals surface area contributed by atoms with Gasteiger partial charge < -0.3 is 20.3 Å². The van der Waals surface area contributed by atoms with Crippen molar-refractivity contribution in [1.29, 1.82) is 0 Å². The monoisotopic (exact) mass is 237 g/mol. The van der Waals surface area contributed by atoms with Gasteiger partial charge in [0.25, 0.3) is 0 Å². The molecule has 0 radical (unpaired) electrons. The molecule has 4 nitrogen and oxygen atoms in total. The number of aliphatic hydroxyl groups is 2. The van der Waals surface area contributed by atoms with Gasteiger partial charge in [-0.1, -0.05) is 12.1 Å². The molecule has 0 bridgehead atoms. The van der Waals surface area contributed by atoms with E-state index in [1.807, 2.05) is 6.07 Å². The molecule has 0 saturated heterocycles. The van der Waals surface area contributed by atoms with Gasteiger partial charge in [-0.2, -0.15) is 0 Å². The summed E-state index contributed by atoms with van der Waals surface area (Å²) < 4.78 is 5.45. The molecule has 0 aliphatic carbocycles. The number of ether oxygens (including phenoxy) is 1. The second kappa shape index (κ2) is 6.00. The first-order valence-electron chi connectivity index (χ1n) is 6.03. The van der Waals surface area contributed by atoms with Crippen LogP contribution in [-0.4, -0.2) is 42.6 Å². The molecule has 0 aromatic heterocycles. The fourth-order valence-electron chi connectivity index (χ4n) is 2.00. The number of nitrogens with one attached hydrogen (secondary N) is 1. The van der Waals surface area contributed by atoms with Crippen LogP contribution in [0.1, 0.15) is 11.1 Å². The van der Waals surface area contributed by atoms with Gasteiger partial charge in [0.05, 0.1) is 25.9 Å². The van der Waals surface area contributed by atoms with Gasteiger partial charge in [0.1, 0.15) is 5.75 Å². The summed E-state index contributed by atoms with van der Waals surface area (Å²) in [6.07, 6.45) is 1.89. The van der Waals surface area contributed by atoms with E-state index in [1.54, 1.807) is 0 Å². The smallest absolute Gasteiger partial charge is 0.122 e. The normalized spacial score (nSPS) is 13.8. The van der Waals surface area contributed by atoms with E-state index in [1.165, 1.54) is 11.1 Å². The molecule has 1 aliphatic rings. The maximum absolute atomic E-state index is 8.91. The molecule has 0 atom stereocenters. The number of benzene rings is 1. The lowest BCUT2D eigenvalue weighted by Gasteiger charge is -2.13. The number of rotatable bonds is 6. The summed E-state index contributed by atoms with van der Waals surface area (Å²) >= 11 is 0. The van der Waals surface area contributed by atoms with E-state index in [4.69, 9.17) is 14.9 Å². The van der Waals surface area contributed by atoms with Crippen LogP contribution in [0.4, 0.5) is 0 Å². The Hall–Kier alpha value is -1.10. The first kappa shape index (κ1) is 12.4. The molecule has 1 heterocycles. The van der Waals surface area contributed by atoms with Gasteiger partial charge in [0.15, 0.2) is 0 Å². The largest absolute Gasteiger partial charge is 0.493 e. The van der Waals surface area contributed by atoms with Gasteiger partial charge in [-0.15, -0.1) is 0 Å². The van der Waals surface area contributed by atoms with E-state index in [9.17, 15) is 0 Å². The van der Waals surface area contributed by atoms with E-state index >= 15 is 0 Å². The van der Waals surface area contributed by atoms with Crippen LogP contribution in [0.3, 0.4) is 0 Å². The van der Waals surface area contributed by atoms with Crippen LogP contribution in [0, 0.1) is 0 Å². The van der Waals surface area contributed by atoms with Crippen LogP contribution in [0.5, 0.6) is 5.75 Å². The van der Waals surface area contributed by atoms with Crippen molar-refractivity contribution in [3.63, 3.8) is 0 Å². The maximum Gasteiger partial charge on any atom is 0.122 e. The van der Waals surface area contributed by atoms with Crippen LogP contribution < -0.4 is 10.1 Å². The Morgan fingerprint density at radius 1 is 1.29 bits per heavy atom. The Morgan fingerprint density at radius 3 is 2.88 bits per heavy atom. The van der Waals surface area contributed by atoms with E-state index in [-0.39, 0.29) is 19.3 Å². The third kappa shape index (κ3) is 3.19. The molecular weight excluding hydrogens is 218 g/mol. The third-order valence-corrected chi connectivity index (χ3v) is 3.04. The van der Waals surface area contributed by atoms with Gasteiger partial charge in [0, 0.05) is 6.42 Å². The summed E-state index contributed by atoms with van der Waals surface area (Å²) in [7, 11) is 0. The quantitative estimate of drug-likeness (QED) is 0.657. The van der Waals surface area contributed by atoms with Gasteiger partial charge >= 0.3 is 0 Å². The molecule has 0 spiro atoms. The van der Waals surface area contributed by atoms with Gasteiger partial charge in [-0.3, -0.25) is 0 Å². The fourth-order valence-corrected chi connectivity index (χ4v) is 2.00. The summed E-state index contributed by atoms with van der Waals surface area (Å²) in [5.74, 6) is 1.00. The first-order chi connectivity index (χ1) is 8.33. The van der Waals surface area contributed by atoms with Crippen LogP contribution in [-0.2, 0) is 12.8 Å². The molecule has 3 N–H and O–H groups in total. The molecule has 0 fully saturated rings. The fraction of sp³-hybridized carbons (Fsp3) is 0.538. The highest BCUT2D eigenvalue weighted by molar-refractivity contribution is 5.39. The summed E-state index contributed by atoms with van der Waals surface area (Å²) in [5.41, 5.74) is 2.54. The summed E-state index contributed by atoms with van der Waals surface area (Å²) in [6.45, 7) is 1.47. The highest BCUT2D eigenvalue weighted by Gasteiger charge is 2.12. The molecule has 0 saturated carbocycles. The number of hydrogen-bond donors (Lipinski definition) is 3. The van der Waals surface area contributed by atoms with Crippen LogP contribution in [0.15, 0.2) is 18.2 Å². The van der Waals surface area contributed by atoms with Gasteiger partial charge in [-0.25, -0.2) is 0 Å². The molecule has 94 valence electrons. The molecule has 0 unspecified atom stereocenters. The first-order valence-corrected chi connectivity index (χ1v) is 6.03. The minimum absolute atomic E-state index is 0.0332. The molecule has 1 aromatic carbocycles. The van der Waals surface area contributed by atoms with Crippen molar-refractivity contribution in [2.24, 2.45) is 0 Å². The molecule has 0 amide bonds. The lowest BCUT2D eigenvalue weighted by atomic mass is 10.1.